The predicted molar refractivity (Wildman–Crippen MR) is 92.4 cm³/mol. The van der Waals surface area contributed by atoms with E-state index in [4.69, 9.17) is 0 Å². The van der Waals surface area contributed by atoms with E-state index in [1.165, 1.54) is 24.6 Å². The quantitative estimate of drug-likeness (QED) is 0.723. The number of fused-ring (bicyclic) bond motifs is 1. The van der Waals surface area contributed by atoms with Gasteiger partial charge in [-0.25, -0.2) is 17.7 Å². The normalized spacial score (nSPS) is 12.0. The molecular formula is C17H17N3O3S. The Labute approximate surface area is 140 Å². The first-order chi connectivity index (χ1) is 11.4. The lowest BCUT2D eigenvalue weighted by Crippen LogP contribution is -2.23. The van der Waals surface area contributed by atoms with E-state index in [0.717, 1.165) is 5.56 Å². The SMILES string of the molecule is CN(C)S(=O)(=O)c1cccc(Cn2c(=O)cnc3ccccc32)c1. The highest BCUT2D eigenvalue weighted by Gasteiger charge is 2.17. The molecule has 2 aromatic carbocycles. The van der Waals surface area contributed by atoms with Crippen LogP contribution in [0, 0.1) is 0 Å². The van der Waals surface area contributed by atoms with Crippen molar-refractivity contribution in [3.8, 4) is 0 Å². The zero-order valence-corrected chi connectivity index (χ0v) is 14.2. The van der Waals surface area contributed by atoms with Gasteiger partial charge in [0, 0.05) is 14.1 Å². The lowest BCUT2D eigenvalue weighted by Gasteiger charge is -2.13. The lowest BCUT2D eigenvalue weighted by molar-refractivity contribution is 0.520. The minimum atomic E-state index is -3.51. The van der Waals surface area contributed by atoms with E-state index in [9.17, 15) is 13.2 Å². The first kappa shape index (κ1) is 16.4. The Hall–Kier alpha value is -2.51. The summed E-state index contributed by atoms with van der Waals surface area (Å²) in [6, 6.07) is 14.0. The van der Waals surface area contributed by atoms with Crippen LogP contribution in [-0.4, -0.2) is 36.4 Å². The molecule has 6 nitrogen and oxygen atoms in total. The second kappa shape index (κ2) is 6.18. The zero-order chi connectivity index (χ0) is 17.3. The Bertz CT molecular complexity index is 1060. The van der Waals surface area contributed by atoms with E-state index in [1.807, 2.05) is 24.3 Å². The van der Waals surface area contributed by atoms with E-state index < -0.39 is 10.0 Å². The molecule has 1 aromatic heterocycles. The molecular weight excluding hydrogens is 326 g/mol. The smallest absolute Gasteiger partial charge is 0.269 e. The molecule has 0 bridgehead atoms. The highest BCUT2D eigenvalue weighted by Crippen LogP contribution is 2.16. The molecule has 3 aromatic rings. The molecule has 3 rings (SSSR count). The van der Waals surface area contributed by atoms with Crippen LogP contribution in [0.1, 0.15) is 5.56 Å². The predicted octanol–water partition coefficient (Wildman–Crippen LogP) is 1.70. The van der Waals surface area contributed by atoms with Crippen LogP contribution in [-0.2, 0) is 16.6 Å². The Morgan fingerprint density at radius 3 is 2.58 bits per heavy atom. The molecule has 0 aliphatic heterocycles. The number of sulfonamides is 1. The van der Waals surface area contributed by atoms with Crippen LogP contribution in [0.4, 0.5) is 0 Å². The van der Waals surface area contributed by atoms with Crippen molar-refractivity contribution in [2.75, 3.05) is 14.1 Å². The van der Waals surface area contributed by atoms with Crippen molar-refractivity contribution >= 4 is 21.1 Å². The van der Waals surface area contributed by atoms with Gasteiger partial charge in [-0.15, -0.1) is 0 Å². The van der Waals surface area contributed by atoms with Crippen molar-refractivity contribution in [1.82, 2.24) is 13.9 Å². The van der Waals surface area contributed by atoms with Gasteiger partial charge >= 0.3 is 0 Å². The van der Waals surface area contributed by atoms with Crippen molar-refractivity contribution in [2.45, 2.75) is 11.4 Å². The maximum Gasteiger partial charge on any atom is 0.269 e. The molecule has 0 N–H and O–H groups in total. The van der Waals surface area contributed by atoms with Gasteiger partial charge < -0.3 is 4.57 Å². The van der Waals surface area contributed by atoms with Crippen molar-refractivity contribution < 1.29 is 8.42 Å². The monoisotopic (exact) mass is 343 g/mol. The van der Waals surface area contributed by atoms with E-state index >= 15 is 0 Å². The molecule has 0 fully saturated rings. The highest BCUT2D eigenvalue weighted by atomic mass is 32.2. The van der Waals surface area contributed by atoms with Crippen LogP contribution < -0.4 is 5.56 Å². The van der Waals surface area contributed by atoms with Crippen molar-refractivity contribution in [1.29, 1.82) is 0 Å². The minimum absolute atomic E-state index is 0.205. The summed E-state index contributed by atoms with van der Waals surface area (Å²) < 4.78 is 27.3. The maximum atomic E-state index is 12.3. The van der Waals surface area contributed by atoms with Gasteiger partial charge in [0.1, 0.15) is 0 Å². The zero-order valence-electron chi connectivity index (χ0n) is 13.4. The minimum Gasteiger partial charge on any atom is -0.301 e. The van der Waals surface area contributed by atoms with E-state index in [-0.39, 0.29) is 17.0 Å². The van der Waals surface area contributed by atoms with Gasteiger partial charge in [0.05, 0.1) is 28.7 Å². The van der Waals surface area contributed by atoms with Crippen LogP contribution >= 0.6 is 0 Å². The summed E-state index contributed by atoms with van der Waals surface area (Å²) in [5.74, 6) is 0. The summed E-state index contributed by atoms with van der Waals surface area (Å²) >= 11 is 0. The molecule has 0 saturated heterocycles. The molecule has 0 aliphatic carbocycles. The van der Waals surface area contributed by atoms with Crippen molar-refractivity contribution in [3.63, 3.8) is 0 Å². The Balaban J connectivity index is 2.08. The molecule has 0 aliphatic rings. The molecule has 1 heterocycles. The Morgan fingerprint density at radius 2 is 1.83 bits per heavy atom. The standard InChI is InChI=1S/C17H17N3O3S/c1-19(2)24(22,23)14-7-5-6-13(10-14)12-20-16-9-4-3-8-15(16)18-11-17(20)21/h3-11H,12H2,1-2H3. The fourth-order valence-corrected chi connectivity index (χ4v) is 3.45. The third-order valence-electron chi connectivity index (χ3n) is 3.77. The van der Waals surface area contributed by atoms with Gasteiger partial charge in [0.25, 0.3) is 5.56 Å². The molecule has 0 amide bonds. The van der Waals surface area contributed by atoms with Crippen LogP contribution in [0.5, 0.6) is 0 Å². The average Bonchev–Trinajstić information content (AvgIpc) is 2.57. The van der Waals surface area contributed by atoms with E-state index in [1.54, 1.807) is 28.8 Å². The number of rotatable bonds is 4. The van der Waals surface area contributed by atoms with Crippen molar-refractivity contribution in [3.05, 3.63) is 70.6 Å². The number of benzene rings is 2. The average molecular weight is 343 g/mol. The fraction of sp³-hybridized carbons (Fsp3) is 0.176. The number of aromatic nitrogens is 2. The molecule has 0 radical (unpaired) electrons. The molecule has 24 heavy (non-hydrogen) atoms. The van der Waals surface area contributed by atoms with Gasteiger partial charge in [-0.3, -0.25) is 4.79 Å². The first-order valence-corrected chi connectivity index (χ1v) is 8.79. The summed E-state index contributed by atoms with van der Waals surface area (Å²) in [7, 11) is -0.533. The van der Waals surface area contributed by atoms with Crippen LogP contribution in [0.15, 0.2) is 64.4 Å². The van der Waals surface area contributed by atoms with Gasteiger partial charge in [0.2, 0.25) is 10.0 Å². The third-order valence-corrected chi connectivity index (χ3v) is 5.58. The molecule has 124 valence electrons. The first-order valence-electron chi connectivity index (χ1n) is 7.35. The van der Waals surface area contributed by atoms with Crippen LogP contribution in [0.25, 0.3) is 11.0 Å². The molecule has 0 unspecified atom stereocenters. The number of para-hydroxylation sites is 2. The number of nitrogens with zero attached hydrogens (tertiary/aromatic N) is 3. The van der Waals surface area contributed by atoms with E-state index in [0.29, 0.717) is 11.0 Å². The van der Waals surface area contributed by atoms with Gasteiger partial charge in [-0.2, -0.15) is 0 Å². The van der Waals surface area contributed by atoms with Gasteiger partial charge in [-0.1, -0.05) is 24.3 Å². The highest BCUT2D eigenvalue weighted by molar-refractivity contribution is 7.89. The summed E-state index contributed by atoms with van der Waals surface area (Å²) in [4.78, 5) is 16.5. The molecule has 0 atom stereocenters. The summed E-state index contributed by atoms with van der Waals surface area (Å²) in [6.45, 7) is 0.276. The summed E-state index contributed by atoms with van der Waals surface area (Å²) in [5.41, 5.74) is 1.94. The topological polar surface area (TPSA) is 72.3 Å². The van der Waals surface area contributed by atoms with Crippen molar-refractivity contribution in [2.24, 2.45) is 0 Å². The van der Waals surface area contributed by atoms with Crippen LogP contribution in [0.3, 0.4) is 0 Å². The summed E-state index contributed by atoms with van der Waals surface area (Å²) in [6.07, 6.45) is 1.28. The Kier molecular flexibility index (Phi) is 4.21. The molecule has 7 heteroatoms. The largest absolute Gasteiger partial charge is 0.301 e. The number of hydrogen-bond donors (Lipinski definition) is 0. The van der Waals surface area contributed by atoms with Gasteiger partial charge in [-0.05, 0) is 29.8 Å². The second-order valence-corrected chi connectivity index (χ2v) is 7.76. The summed E-state index contributed by atoms with van der Waals surface area (Å²) in [5, 5.41) is 0. The lowest BCUT2D eigenvalue weighted by atomic mass is 10.2. The van der Waals surface area contributed by atoms with Gasteiger partial charge in [0.15, 0.2) is 0 Å². The molecule has 0 spiro atoms. The third kappa shape index (κ3) is 2.95. The van der Waals surface area contributed by atoms with Crippen LogP contribution in [0.2, 0.25) is 0 Å². The maximum absolute atomic E-state index is 12.3. The second-order valence-electron chi connectivity index (χ2n) is 5.61. The van der Waals surface area contributed by atoms with E-state index in [2.05, 4.69) is 4.98 Å². The number of hydrogen-bond acceptors (Lipinski definition) is 4. The molecule has 0 saturated carbocycles. The fourth-order valence-electron chi connectivity index (χ4n) is 2.48. The Morgan fingerprint density at radius 1 is 1.08 bits per heavy atom.